The summed E-state index contributed by atoms with van der Waals surface area (Å²) >= 11 is 0. The largest absolute Gasteiger partial charge is 0.245 e. The van der Waals surface area contributed by atoms with Gasteiger partial charge in [-0.05, 0) is 18.6 Å². The zero-order valence-electron chi connectivity index (χ0n) is 8.96. The van der Waals surface area contributed by atoms with E-state index in [0.717, 1.165) is 11.3 Å². The van der Waals surface area contributed by atoms with E-state index in [0.29, 0.717) is 0 Å². The number of nitrogens with zero attached hydrogens (tertiary/aromatic N) is 3. The maximum absolute atomic E-state index is 9.19. The van der Waals surface area contributed by atoms with Crippen LogP contribution in [-0.2, 0) is 0 Å². The first-order valence-electron chi connectivity index (χ1n) is 5.03. The third kappa shape index (κ3) is 2.06. The lowest BCUT2D eigenvalue weighted by atomic mass is 9.96. The second kappa shape index (κ2) is 4.54. The highest BCUT2D eigenvalue weighted by molar-refractivity contribution is 5.35. The Bertz CT molecular complexity index is 497. The molecule has 16 heavy (non-hydrogen) atoms. The van der Waals surface area contributed by atoms with Crippen LogP contribution in [0.25, 0.3) is 0 Å². The van der Waals surface area contributed by atoms with Crippen molar-refractivity contribution in [2.75, 3.05) is 0 Å². The highest BCUT2D eigenvalue weighted by Gasteiger charge is 2.13. The molecule has 0 N–H and O–H groups in total. The molecule has 0 saturated carbocycles. The standard InChI is InChI=1S/C13H11N3/c1-10-2-4-11(5-3-10)12(8-14)13-6-7-15-9-16-13/h2-7,9,12H,1H3. The highest BCUT2D eigenvalue weighted by Crippen LogP contribution is 2.21. The SMILES string of the molecule is Cc1ccc(C(C#N)c2ccncn2)cc1. The van der Waals surface area contributed by atoms with E-state index in [2.05, 4.69) is 16.0 Å². The average molecular weight is 209 g/mol. The van der Waals surface area contributed by atoms with Gasteiger partial charge in [0.2, 0.25) is 0 Å². The molecule has 0 aliphatic rings. The molecule has 2 aromatic rings. The summed E-state index contributed by atoms with van der Waals surface area (Å²) in [7, 11) is 0. The second-order valence-electron chi connectivity index (χ2n) is 3.61. The van der Waals surface area contributed by atoms with E-state index < -0.39 is 0 Å². The van der Waals surface area contributed by atoms with Gasteiger partial charge in [-0.3, -0.25) is 0 Å². The molecule has 1 aromatic heterocycles. The summed E-state index contributed by atoms with van der Waals surface area (Å²) in [5, 5.41) is 9.19. The number of aryl methyl sites for hydroxylation is 1. The average Bonchev–Trinajstić information content (AvgIpc) is 2.34. The van der Waals surface area contributed by atoms with E-state index in [1.165, 1.54) is 11.9 Å². The Morgan fingerprint density at radius 1 is 1.19 bits per heavy atom. The van der Waals surface area contributed by atoms with Gasteiger partial charge in [-0.2, -0.15) is 5.26 Å². The number of hydrogen-bond donors (Lipinski definition) is 0. The van der Waals surface area contributed by atoms with Crippen LogP contribution in [0, 0.1) is 18.3 Å². The zero-order chi connectivity index (χ0) is 11.4. The predicted octanol–water partition coefficient (Wildman–Crippen LogP) is 2.44. The third-order valence-electron chi connectivity index (χ3n) is 2.44. The molecule has 0 fully saturated rings. The van der Waals surface area contributed by atoms with Crippen LogP contribution in [-0.4, -0.2) is 9.97 Å². The summed E-state index contributed by atoms with van der Waals surface area (Å²) < 4.78 is 0. The second-order valence-corrected chi connectivity index (χ2v) is 3.61. The Labute approximate surface area is 94.4 Å². The van der Waals surface area contributed by atoms with E-state index >= 15 is 0 Å². The summed E-state index contributed by atoms with van der Waals surface area (Å²) in [5.41, 5.74) is 2.89. The van der Waals surface area contributed by atoms with E-state index in [9.17, 15) is 5.26 Å². The molecule has 0 radical (unpaired) electrons. The summed E-state index contributed by atoms with van der Waals surface area (Å²) in [6.45, 7) is 2.02. The van der Waals surface area contributed by atoms with Crippen molar-refractivity contribution in [3.63, 3.8) is 0 Å². The molecule has 0 amide bonds. The molecule has 0 aliphatic heterocycles. The summed E-state index contributed by atoms with van der Waals surface area (Å²) in [5.74, 6) is -0.316. The molecule has 78 valence electrons. The Hall–Kier alpha value is -2.21. The van der Waals surface area contributed by atoms with E-state index in [-0.39, 0.29) is 5.92 Å². The van der Waals surface area contributed by atoms with Gasteiger partial charge in [0, 0.05) is 6.20 Å². The van der Waals surface area contributed by atoms with Crippen molar-refractivity contribution < 1.29 is 0 Å². The minimum Gasteiger partial charge on any atom is -0.245 e. The topological polar surface area (TPSA) is 49.6 Å². The minimum atomic E-state index is -0.316. The number of benzene rings is 1. The Balaban J connectivity index is 2.38. The first-order chi connectivity index (χ1) is 7.81. The molecule has 0 bridgehead atoms. The van der Waals surface area contributed by atoms with Gasteiger partial charge < -0.3 is 0 Å². The molecule has 2 rings (SSSR count). The molecule has 0 spiro atoms. The van der Waals surface area contributed by atoms with Crippen molar-refractivity contribution in [3.8, 4) is 6.07 Å². The molecule has 1 unspecified atom stereocenters. The van der Waals surface area contributed by atoms with Crippen molar-refractivity contribution in [2.24, 2.45) is 0 Å². The lowest BCUT2D eigenvalue weighted by molar-refractivity contribution is 0.942. The molecular formula is C13H11N3. The van der Waals surface area contributed by atoms with E-state index in [1.807, 2.05) is 31.2 Å². The summed E-state index contributed by atoms with van der Waals surface area (Å²) in [6.07, 6.45) is 3.12. The summed E-state index contributed by atoms with van der Waals surface area (Å²) in [6, 6.07) is 12.0. The van der Waals surface area contributed by atoms with Crippen LogP contribution in [0.3, 0.4) is 0 Å². The number of hydrogen-bond acceptors (Lipinski definition) is 3. The lowest BCUT2D eigenvalue weighted by Gasteiger charge is -2.08. The minimum absolute atomic E-state index is 0.316. The van der Waals surface area contributed by atoms with Gasteiger partial charge in [0.05, 0.1) is 11.8 Å². The van der Waals surface area contributed by atoms with Gasteiger partial charge in [0.1, 0.15) is 12.2 Å². The number of aromatic nitrogens is 2. The molecule has 3 heteroatoms. The van der Waals surface area contributed by atoms with E-state index in [4.69, 9.17) is 0 Å². The van der Waals surface area contributed by atoms with Gasteiger partial charge >= 0.3 is 0 Å². The van der Waals surface area contributed by atoms with Crippen LogP contribution in [0.5, 0.6) is 0 Å². The van der Waals surface area contributed by atoms with Crippen molar-refractivity contribution in [1.82, 2.24) is 9.97 Å². The van der Waals surface area contributed by atoms with Crippen molar-refractivity contribution in [3.05, 3.63) is 59.7 Å². The van der Waals surface area contributed by atoms with Crippen molar-refractivity contribution >= 4 is 0 Å². The van der Waals surface area contributed by atoms with Crippen molar-refractivity contribution in [2.45, 2.75) is 12.8 Å². The van der Waals surface area contributed by atoms with Crippen LogP contribution in [0.4, 0.5) is 0 Å². The zero-order valence-corrected chi connectivity index (χ0v) is 8.96. The molecule has 1 heterocycles. The molecule has 0 saturated heterocycles. The Morgan fingerprint density at radius 2 is 1.94 bits per heavy atom. The first-order valence-corrected chi connectivity index (χ1v) is 5.03. The Morgan fingerprint density at radius 3 is 2.50 bits per heavy atom. The van der Waals surface area contributed by atoms with Crippen LogP contribution in [0.15, 0.2) is 42.9 Å². The van der Waals surface area contributed by atoms with Crippen LogP contribution >= 0.6 is 0 Å². The molecule has 0 aliphatic carbocycles. The fourth-order valence-corrected chi connectivity index (χ4v) is 1.54. The highest BCUT2D eigenvalue weighted by atomic mass is 14.8. The number of rotatable bonds is 2. The fraction of sp³-hybridized carbons (Fsp3) is 0.154. The van der Waals surface area contributed by atoms with Crippen LogP contribution in [0.1, 0.15) is 22.7 Å². The first kappa shape index (κ1) is 10.3. The lowest BCUT2D eigenvalue weighted by Crippen LogP contribution is -2.00. The monoisotopic (exact) mass is 209 g/mol. The quantitative estimate of drug-likeness (QED) is 0.763. The normalized spacial score (nSPS) is 11.8. The summed E-state index contributed by atoms with van der Waals surface area (Å²) in [4.78, 5) is 7.96. The van der Waals surface area contributed by atoms with Gasteiger partial charge in [0.25, 0.3) is 0 Å². The molecular weight excluding hydrogens is 198 g/mol. The third-order valence-corrected chi connectivity index (χ3v) is 2.44. The van der Waals surface area contributed by atoms with E-state index in [1.54, 1.807) is 12.3 Å². The molecule has 1 aromatic carbocycles. The maximum Gasteiger partial charge on any atom is 0.115 e. The van der Waals surface area contributed by atoms with Gasteiger partial charge in [0.15, 0.2) is 0 Å². The molecule has 3 nitrogen and oxygen atoms in total. The van der Waals surface area contributed by atoms with Crippen molar-refractivity contribution in [1.29, 1.82) is 5.26 Å². The van der Waals surface area contributed by atoms with Gasteiger partial charge in [-0.1, -0.05) is 29.8 Å². The van der Waals surface area contributed by atoms with Gasteiger partial charge in [-0.25, -0.2) is 9.97 Å². The van der Waals surface area contributed by atoms with Crippen LogP contribution in [0.2, 0.25) is 0 Å². The van der Waals surface area contributed by atoms with Gasteiger partial charge in [-0.15, -0.1) is 0 Å². The molecule has 1 atom stereocenters. The Kier molecular flexibility index (Phi) is 2.93. The van der Waals surface area contributed by atoms with Crippen LogP contribution < -0.4 is 0 Å². The smallest absolute Gasteiger partial charge is 0.115 e. The fourth-order valence-electron chi connectivity index (χ4n) is 1.54. The predicted molar refractivity (Wildman–Crippen MR) is 60.7 cm³/mol. The number of nitriles is 1. The maximum atomic E-state index is 9.19.